The normalized spacial score (nSPS) is 23.7. The number of benzene rings is 1. The predicted molar refractivity (Wildman–Crippen MR) is 71.2 cm³/mol. The fourth-order valence-electron chi connectivity index (χ4n) is 2.82. The molecule has 4 heteroatoms. The summed E-state index contributed by atoms with van der Waals surface area (Å²) in [6.45, 7) is 4.07. The van der Waals surface area contributed by atoms with Gasteiger partial charge >= 0.3 is 0 Å². The van der Waals surface area contributed by atoms with Gasteiger partial charge in [0.15, 0.2) is 0 Å². The summed E-state index contributed by atoms with van der Waals surface area (Å²) in [5.74, 6) is -0.878. The van der Waals surface area contributed by atoms with Crippen LogP contribution in [0.2, 0.25) is 0 Å². The summed E-state index contributed by atoms with van der Waals surface area (Å²) >= 11 is 5.62. The molecule has 0 saturated carbocycles. The van der Waals surface area contributed by atoms with E-state index in [1.54, 1.807) is 0 Å². The van der Waals surface area contributed by atoms with Gasteiger partial charge in [0.2, 0.25) is 0 Å². The van der Waals surface area contributed by atoms with Gasteiger partial charge in [0.25, 0.3) is 0 Å². The minimum Gasteiger partial charge on any atom is -0.361 e. The Hall–Kier alpha value is -0.830. The second-order valence-corrected chi connectivity index (χ2v) is 5.20. The van der Waals surface area contributed by atoms with E-state index in [9.17, 15) is 8.78 Å². The summed E-state index contributed by atoms with van der Waals surface area (Å²) in [6, 6.07) is 3.08. The molecular formula is C14H18ClF2N. The van der Waals surface area contributed by atoms with Crippen molar-refractivity contribution >= 4 is 17.3 Å². The summed E-state index contributed by atoms with van der Waals surface area (Å²) in [5.41, 5.74) is 0.594. The molecule has 1 nitrogen and oxygen atoms in total. The van der Waals surface area contributed by atoms with E-state index in [1.165, 1.54) is 12.1 Å². The van der Waals surface area contributed by atoms with Crippen molar-refractivity contribution in [2.45, 2.75) is 51.1 Å². The van der Waals surface area contributed by atoms with Crippen molar-refractivity contribution in [3.8, 4) is 0 Å². The van der Waals surface area contributed by atoms with Gasteiger partial charge in [-0.3, -0.25) is 0 Å². The lowest BCUT2D eigenvalue weighted by Crippen LogP contribution is -2.35. The molecule has 2 atom stereocenters. The lowest BCUT2D eigenvalue weighted by atomic mass is 10.1. The Morgan fingerprint density at radius 1 is 1.28 bits per heavy atom. The molecule has 0 N–H and O–H groups in total. The molecule has 0 bridgehead atoms. The molecular weight excluding hydrogens is 256 g/mol. The highest BCUT2D eigenvalue weighted by Crippen LogP contribution is 2.36. The molecule has 100 valence electrons. The molecule has 1 aromatic rings. The molecule has 1 aliphatic heterocycles. The van der Waals surface area contributed by atoms with Gasteiger partial charge in [-0.15, -0.1) is 11.6 Å². The minimum atomic E-state index is -0.502. The second-order valence-electron chi connectivity index (χ2n) is 4.94. The van der Waals surface area contributed by atoms with Crippen molar-refractivity contribution in [1.29, 1.82) is 0 Å². The zero-order valence-corrected chi connectivity index (χ0v) is 11.5. The van der Waals surface area contributed by atoms with Gasteiger partial charge in [0.05, 0.1) is 0 Å². The maximum absolute atomic E-state index is 14.1. The largest absolute Gasteiger partial charge is 0.361 e. The number of hydrogen-bond acceptors (Lipinski definition) is 1. The van der Waals surface area contributed by atoms with Crippen molar-refractivity contribution in [3.63, 3.8) is 0 Å². The molecule has 0 amide bonds. The highest BCUT2D eigenvalue weighted by Gasteiger charge is 2.33. The Kier molecular flexibility index (Phi) is 4.10. The van der Waals surface area contributed by atoms with Crippen LogP contribution >= 0.6 is 11.6 Å². The molecule has 18 heavy (non-hydrogen) atoms. The van der Waals surface area contributed by atoms with E-state index >= 15 is 0 Å². The van der Waals surface area contributed by atoms with Crippen LogP contribution < -0.4 is 4.90 Å². The lowest BCUT2D eigenvalue weighted by Gasteiger charge is -2.31. The number of hydrogen-bond donors (Lipinski definition) is 0. The number of alkyl halides is 1. The maximum atomic E-state index is 14.1. The molecule has 1 heterocycles. The lowest BCUT2D eigenvalue weighted by molar-refractivity contribution is 0.541. The molecule has 1 saturated heterocycles. The molecule has 2 rings (SSSR count). The number of rotatable bonds is 3. The summed E-state index contributed by atoms with van der Waals surface area (Å²) in [7, 11) is 0. The van der Waals surface area contributed by atoms with Crippen molar-refractivity contribution < 1.29 is 8.78 Å². The molecule has 1 aliphatic rings. The van der Waals surface area contributed by atoms with Crippen LogP contribution in [0.3, 0.4) is 0 Å². The molecule has 0 radical (unpaired) electrons. The highest BCUT2D eigenvalue weighted by molar-refractivity contribution is 6.17. The van der Waals surface area contributed by atoms with Crippen molar-refractivity contribution in [2.75, 3.05) is 4.90 Å². The SMILES string of the molecule is CCC1CCC(C)N1c1c(F)cc(CCl)cc1F. The number of nitrogens with zero attached hydrogens (tertiary/aromatic N) is 1. The fourth-order valence-corrected chi connectivity index (χ4v) is 2.97. The average Bonchev–Trinajstić information content (AvgIpc) is 2.70. The van der Waals surface area contributed by atoms with Crippen LogP contribution in [-0.2, 0) is 5.88 Å². The van der Waals surface area contributed by atoms with Crippen LogP contribution in [0.25, 0.3) is 0 Å². The smallest absolute Gasteiger partial charge is 0.149 e. The summed E-state index contributed by atoms with van der Waals surface area (Å²) in [6.07, 6.45) is 2.88. The first-order valence-corrected chi connectivity index (χ1v) is 6.94. The van der Waals surface area contributed by atoms with Crippen LogP contribution in [0.15, 0.2) is 12.1 Å². The van der Waals surface area contributed by atoms with E-state index in [4.69, 9.17) is 11.6 Å². The summed E-state index contributed by atoms with van der Waals surface area (Å²) < 4.78 is 28.2. The standard InChI is InChI=1S/C14H18ClF2N/c1-3-11-5-4-9(2)18(11)14-12(16)6-10(8-15)7-13(14)17/h6-7,9,11H,3-5,8H2,1-2H3. The molecule has 2 unspecified atom stereocenters. The van der Waals surface area contributed by atoms with Crippen LogP contribution in [0, 0.1) is 11.6 Å². The Balaban J connectivity index is 2.43. The molecule has 0 aliphatic carbocycles. The third-order valence-electron chi connectivity index (χ3n) is 3.75. The first-order valence-electron chi connectivity index (χ1n) is 6.40. The molecule has 1 fully saturated rings. The number of anilines is 1. The van der Waals surface area contributed by atoms with E-state index in [0.29, 0.717) is 5.56 Å². The third-order valence-corrected chi connectivity index (χ3v) is 4.05. The van der Waals surface area contributed by atoms with Crippen molar-refractivity contribution in [1.82, 2.24) is 0 Å². The van der Waals surface area contributed by atoms with Crippen LogP contribution in [0.4, 0.5) is 14.5 Å². The Morgan fingerprint density at radius 3 is 2.39 bits per heavy atom. The molecule has 1 aromatic carbocycles. The second kappa shape index (κ2) is 5.43. The zero-order chi connectivity index (χ0) is 13.3. The minimum absolute atomic E-state index is 0.112. The average molecular weight is 274 g/mol. The summed E-state index contributed by atoms with van der Waals surface area (Å²) in [5, 5.41) is 0. The van der Waals surface area contributed by atoms with Gasteiger partial charge in [0, 0.05) is 18.0 Å². The van der Waals surface area contributed by atoms with E-state index < -0.39 is 11.6 Å². The van der Waals surface area contributed by atoms with Gasteiger partial charge in [0.1, 0.15) is 17.3 Å². The first-order chi connectivity index (χ1) is 8.58. The zero-order valence-electron chi connectivity index (χ0n) is 10.7. The van der Waals surface area contributed by atoms with Crippen LogP contribution in [-0.4, -0.2) is 12.1 Å². The molecule has 0 spiro atoms. The van der Waals surface area contributed by atoms with Gasteiger partial charge in [-0.25, -0.2) is 8.78 Å². The Morgan fingerprint density at radius 2 is 1.89 bits per heavy atom. The predicted octanol–water partition coefficient (Wildman–Crippen LogP) is 4.47. The fraction of sp³-hybridized carbons (Fsp3) is 0.571. The van der Waals surface area contributed by atoms with Gasteiger partial charge < -0.3 is 4.90 Å². The van der Waals surface area contributed by atoms with Crippen LogP contribution in [0.1, 0.15) is 38.7 Å². The topological polar surface area (TPSA) is 3.24 Å². The van der Waals surface area contributed by atoms with Crippen molar-refractivity contribution in [2.24, 2.45) is 0 Å². The first kappa shape index (κ1) is 13.6. The van der Waals surface area contributed by atoms with E-state index in [-0.39, 0.29) is 23.7 Å². The quantitative estimate of drug-likeness (QED) is 0.735. The Bertz CT molecular complexity index is 413. The highest BCUT2D eigenvalue weighted by atomic mass is 35.5. The van der Waals surface area contributed by atoms with Gasteiger partial charge in [-0.1, -0.05) is 6.92 Å². The molecule has 0 aromatic heterocycles. The number of halogens is 3. The van der Waals surface area contributed by atoms with Gasteiger partial charge in [-0.2, -0.15) is 0 Å². The van der Waals surface area contributed by atoms with E-state index in [1.807, 2.05) is 11.8 Å². The van der Waals surface area contributed by atoms with E-state index in [0.717, 1.165) is 19.3 Å². The van der Waals surface area contributed by atoms with Crippen LogP contribution in [0.5, 0.6) is 0 Å². The van der Waals surface area contributed by atoms with E-state index in [2.05, 4.69) is 6.92 Å². The van der Waals surface area contributed by atoms with Gasteiger partial charge in [-0.05, 0) is 43.9 Å². The summed E-state index contributed by atoms with van der Waals surface area (Å²) in [4.78, 5) is 1.89. The third kappa shape index (κ3) is 2.33. The van der Waals surface area contributed by atoms with Crippen molar-refractivity contribution in [3.05, 3.63) is 29.3 Å². The Labute approximate surface area is 112 Å². The monoisotopic (exact) mass is 273 g/mol. The maximum Gasteiger partial charge on any atom is 0.149 e.